The van der Waals surface area contributed by atoms with Crippen molar-refractivity contribution in [3.8, 4) is 0 Å². The Kier molecular flexibility index (Phi) is 3.88. The number of hydrogen-bond acceptors (Lipinski definition) is 3. The fraction of sp³-hybridized carbons (Fsp3) is 1.00. The summed E-state index contributed by atoms with van der Waals surface area (Å²) < 4.78 is 27.4. The zero-order valence-electron chi connectivity index (χ0n) is 8.73. The molecule has 1 rings (SSSR count). The fourth-order valence-corrected chi connectivity index (χ4v) is 3.05. The smallest absolute Gasteiger partial charge is 0.279 e. The van der Waals surface area contributed by atoms with E-state index in [1.807, 2.05) is 13.8 Å². The molecule has 1 saturated carbocycles. The van der Waals surface area contributed by atoms with Crippen molar-refractivity contribution in [1.29, 1.82) is 0 Å². The molecule has 0 aliphatic heterocycles. The third kappa shape index (κ3) is 2.66. The quantitative estimate of drug-likeness (QED) is 0.666. The van der Waals surface area contributed by atoms with Gasteiger partial charge >= 0.3 is 0 Å². The molecule has 0 aromatic heterocycles. The minimum absolute atomic E-state index is 0.0376. The molecular formula is C8H19N3O2S. The van der Waals surface area contributed by atoms with E-state index in [9.17, 15) is 8.42 Å². The van der Waals surface area contributed by atoms with Crippen molar-refractivity contribution in [3.63, 3.8) is 0 Å². The molecule has 0 bridgehead atoms. The van der Waals surface area contributed by atoms with Gasteiger partial charge < -0.3 is 5.73 Å². The van der Waals surface area contributed by atoms with E-state index in [1.165, 1.54) is 4.31 Å². The van der Waals surface area contributed by atoms with Gasteiger partial charge in [-0.3, -0.25) is 0 Å². The number of nitrogens with zero attached hydrogens (tertiary/aromatic N) is 1. The zero-order chi connectivity index (χ0) is 10.8. The monoisotopic (exact) mass is 221 g/mol. The Morgan fingerprint density at radius 3 is 2.21 bits per heavy atom. The van der Waals surface area contributed by atoms with Crippen molar-refractivity contribution in [2.45, 2.75) is 38.8 Å². The summed E-state index contributed by atoms with van der Waals surface area (Å²) in [6.45, 7) is 4.67. The van der Waals surface area contributed by atoms with Crippen molar-refractivity contribution in [1.82, 2.24) is 9.03 Å². The van der Waals surface area contributed by atoms with Crippen LogP contribution in [0.3, 0.4) is 0 Å². The molecule has 84 valence electrons. The lowest BCUT2D eigenvalue weighted by atomic mass is 9.89. The maximum absolute atomic E-state index is 11.7. The molecule has 0 spiro atoms. The highest BCUT2D eigenvalue weighted by atomic mass is 32.2. The Balaban J connectivity index is 2.49. The lowest BCUT2D eigenvalue weighted by molar-refractivity contribution is 0.316. The van der Waals surface area contributed by atoms with Gasteiger partial charge in [-0.2, -0.15) is 17.4 Å². The summed E-state index contributed by atoms with van der Waals surface area (Å²) in [6.07, 6.45) is 1.50. The molecule has 5 nitrogen and oxygen atoms in total. The van der Waals surface area contributed by atoms with Crippen LogP contribution < -0.4 is 10.5 Å². The van der Waals surface area contributed by atoms with E-state index < -0.39 is 10.2 Å². The Hall–Kier alpha value is -0.170. The molecule has 0 heterocycles. The summed E-state index contributed by atoms with van der Waals surface area (Å²) in [5.41, 5.74) is 5.58. The minimum Gasteiger partial charge on any atom is -0.328 e. The molecule has 14 heavy (non-hydrogen) atoms. The van der Waals surface area contributed by atoms with E-state index in [1.54, 1.807) is 0 Å². The highest BCUT2D eigenvalue weighted by Gasteiger charge is 2.31. The average molecular weight is 221 g/mol. The van der Waals surface area contributed by atoms with Crippen molar-refractivity contribution in [2.24, 2.45) is 5.73 Å². The maximum Gasteiger partial charge on any atom is 0.279 e. The molecule has 6 heteroatoms. The first-order valence-electron chi connectivity index (χ1n) is 5.02. The molecule has 0 amide bonds. The number of nitrogens with two attached hydrogens (primary N) is 1. The highest BCUT2D eigenvalue weighted by molar-refractivity contribution is 7.87. The normalized spacial score (nSPS) is 27.7. The third-order valence-electron chi connectivity index (χ3n) is 2.54. The van der Waals surface area contributed by atoms with Gasteiger partial charge in [0.2, 0.25) is 0 Å². The summed E-state index contributed by atoms with van der Waals surface area (Å²) in [6, 6.07) is 0.204. The van der Waals surface area contributed by atoms with Crippen LogP contribution in [-0.4, -0.2) is 37.9 Å². The number of hydrogen-bond donors (Lipinski definition) is 2. The van der Waals surface area contributed by atoms with Crippen LogP contribution in [0.15, 0.2) is 0 Å². The molecule has 1 aliphatic rings. The molecule has 0 aromatic carbocycles. The van der Waals surface area contributed by atoms with E-state index >= 15 is 0 Å². The summed E-state index contributed by atoms with van der Waals surface area (Å²) >= 11 is 0. The van der Waals surface area contributed by atoms with Crippen LogP contribution >= 0.6 is 0 Å². The largest absolute Gasteiger partial charge is 0.328 e. The highest BCUT2D eigenvalue weighted by Crippen LogP contribution is 2.18. The van der Waals surface area contributed by atoms with E-state index in [0.29, 0.717) is 13.1 Å². The van der Waals surface area contributed by atoms with Crippen LogP contribution in [0.2, 0.25) is 0 Å². The Labute approximate surface area is 85.8 Å². The van der Waals surface area contributed by atoms with Gasteiger partial charge in [-0.1, -0.05) is 13.8 Å². The van der Waals surface area contributed by atoms with Crippen LogP contribution in [0.1, 0.15) is 26.7 Å². The minimum atomic E-state index is -3.28. The predicted molar refractivity (Wildman–Crippen MR) is 56.0 cm³/mol. The first-order chi connectivity index (χ1) is 6.49. The van der Waals surface area contributed by atoms with Gasteiger partial charge in [0, 0.05) is 25.2 Å². The lowest BCUT2D eigenvalue weighted by Gasteiger charge is -2.34. The van der Waals surface area contributed by atoms with Crippen LogP contribution in [0.4, 0.5) is 0 Å². The first kappa shape index (κ1) is 11.9. The second-order valence-corrected chi connectivity index (χ2v) is 5.34. The van der Waals surface area contributed by atoms with Crippen molar-refractivity contribution >= 4 is 10.2 Å². The molecule has 3 N–H and O–H groups in total. The summed E-state index contributed by atoms with van der Waals surface area (Å²) in [5.74, 6) is 0. The van der Waals surface area contributed by atoms with Gasteiger partial charge in [0.15, 0.2) is 0 Å². The molecular weight excluding hydrogens is 202 g/mol. The first-order valence-corrected chi connectivity index (χ1v) is 6.46. The molecule has 0 saturated heterocycles. The van der Waals surface area contributed by atoms with Crippen molar-refractivity contribution < 1.29 is 8.42 Å². The van der Waals surface area contributed by atoms with Gasteiger partial charge in [0.1, 0.15) is 0 Å². The van der Waals surface area contributed by atoms with Crippen LogP contribution in [0, 0.1) is 0 Å². The molecule has 1 fully saturated rings. The molecule has 0 atom stereocenters. The van der Waals surface area contributed by atoms with Gasteiger partial charge in [0.05, 0.1) is 0 Å². The van der Waals surface area contributed by atoms with Crippen LogP contribution in [-0.2, 0) is 10.2 Å². The fourth-order valence-electron chi connectivity index (χ4n) is 1.61. The summed E-state index contributed by atoms with van der Waals surface area (Å²) in [4.78, 5) is 0. The van der Waals surface area contributed by atoms with Gasteiger partial charge in [0.25, 0.3) is 10.2 Å². The Morgan fingerprint density at radius 1 is 1.36 bits per heavy atom. The van der Waals surface area contributed by atoms with Crippen LogP contribution in [0.5, 0.6) is 0 Å². The van der Waals surface area contributed by atoms with Crippen molar-refractivity contribution in [2.75, 3.05) is 13.1 Å². The molecule has 0 unspecified atom stereocenters. The average Bonchev–Trinajstić information content (AvgIpc) is 2.02. The Morgan fingerprint density at radius 2 is 1.86 bits per heavy atom. The van der Waals surface area contributed by atoms with Crippen LogP contribution in [0.25, 0.3) is 0 Å². The van der Waals surface area contributed by atoms with Crippen molar-refractivity contribution in [3.05, 3.63) is 0 Å². The zero-order valence-corrected chi connectivity index (χ0v) is 9.55. The second-order valence-electron chi connectivity index (χ2n) is 3.64. The topological polar surface area (TPSA) is 75.4 Å². The molecule has 0 aromatic rings. The van der Waals surface area contributed by atoms with Gasteiger partial charge in [-0.05, 0) is 12.8 Å². The predicted octanol–water partition coefficient (Wildman–Crippen LogP) is -0.348. The van der Waals surface area contributed by atoms with Gasteiger partial charge in [-0.15, -0.1) is 0 Å². The maximum atomic E-state index is 11.7. The molecule has 1 aliphatic carbocycles. The third-order valence-corrected chi connectivity index (χ3v) is 4.36. The van der Waals surface area contributed by atoms with E-state index in [4.69, 9.17) is 5.73 Å². The summed E-state index contributed by atoms with van der Waals surface area (Å²) in [7, 11) is -3.28. The molecule has 0 radical (unpaired) electrons. The Bertz CT molecular complexity index is 268. The lowest BCUT2D eigenvalue weighted by Crippen LogP contribution is -2.53. The number of nitrogens with one attached hydrogen (secondary N) is 1. The van der Waals surface area contributed by atoms with E-state index in [0.717, 1.165) is 12.8 Å². The standard InChI is InChI=1S/C8H19N3O2S/c1-3-11(4-2)14(12,13)10-8-5-7(9)6-8/h7-8,10H,3-6,9H2,1-2H3. The summed E-state index contributed by atoms with van der Waals surface area (Å²) in [5, 5.41) is 0. The SMILES string of the molecule is CCN(CC)S(=O)(=O)NC1CC(N)C1. The van der Waals surface area contributed by atoms with Gasteiger partial charge in [-0.25, -0.2) is 0 Å². The van der Waals surface area contributed by atoms with E-state index in [-0.39, 0.29) is 12.1 Å². The second kappa shape index (κ2) is 4.57. The van der Waals surface area contributed by atoms with E-state index in [2.05, 4.69) is 4.72 Å². The number of rotatable bonds is 5.